The van der Waals surface area contributed by atoms with E-state index in [9.17, 15) is 24.0 Å². The zero-order valence-corrected chi connectivity index (χ0v) is 21.1. The number of Topliss-reactive ketones (excluding diaryl/α,β-unsaturated/α-hetero) is 1. The molecule has 37 heavy (non-hydrogen) atoms. The van der Waals surface area contributed by atoms with Crippen LogP contribution in [0.5, 0.6) is 0 Å². The molecule has 12 heteroatoms. The Labute approximate surface area is 214 Å². The highest BCUT2D eigenvalue weighted by molar-refractivity contribution is 6.26. The van der Waals surface area contributed by atoms with Crippen LogP contribution in [-0.4, -0.2) is 79.1 Å². The first kappa shape index (κ1) is 29.2. The van der Waals surface area contributed by atoms with E-state index in [4.69, 9.17) is 14.9 Å². The van der Waals surface area contributed by atoms with E-state index in [1.54, 1.807) is 13.1 Å². The van der Waals surface area contributed by atoms with Gasteiger partial charge < -0.3 is 35.8 Å². The highest BCUT2D eigenvalue weighted by Crippen LogP contribution is 2.19. The third-order valence-electron chi connectivity index (χ3n) is 5.49. The number of nitrogens with one attached hydrogen (secondary N) is 5. The number of ketones is 1. The van der Waals surface area contributed by atoms with Crippen molar-refractivity contribution in [3.05, 3.63) is 36.0 Å². The Kier molecular flexibility index (Phi) is 11.4. The van der Waals surface area contributed by atoms with Gasteiger partial charge in [-0.1, -0.05) is 18.2 Å². The first-order valence-electron chi connectivity index (χ1n) is 11.8. The van der Waals surface area contributed by atoms with Crippen LogP contribution in [0.3, 0.4) is 0 Å². The van der Waals surface area contributed by atoms with Crippen LogP contribution in [0.1, 0.15) is 32.3 Å². The molecule has 0 fully saturated rings. The van der Waals surface area contributed by atoms with Crippen LogP contribution in [0.2, 0.25) is 0 Å². The van der Waals surface area contributed by atoms with E-state index in [1.807, 2.05) is 24.3 Å². The number of esters is 1. The highest BCUT2D eigenvalue weighted by Gasteiger charge is 2.30. The van der Waals surface area contributed by atoms with E-state index in [-0.39, 0.29) is 32.5 Å². The number of aromatic nitrogens is 1. The van der Waals surface area contributed by atoms with Gasteiger partial charge in [0.25, 0.3) is 0 Å². The summed E-state index contributed by atoms with van der Waals surface area (Å²) in [6.07, 6.45) is 2.19. The van der Waals surface area contributed by atoms with Crippen molar-refractivity contribution in [2.45, 2.75) is 51.2 Å². The van der Waals surface area contributed by atoms with E-state index in [0.29, 0.717) is 6.21 Å². The Bertz CT molecular complexity index is 1130. The van der Waals surface area contributed by atoms with Crippen LogP contribution < -0.4 is 16.0 Å². The maximum Gasteiger partial charge on any atom is 0.331 e. The van der Waals surface area contributed by atoms with E-state index in [1.165, 1.54) is 14.0 Å². The number of carbonyl (C=O) groups excluding carboxylic acids is 5. The summed E-state index contributed by atoms with van der Waals surface area (Å²) in [7, 11) is 1.35. The number of methoxy groups -OCH3 is 1. The Hall–Kier alpha value is -4.06. The van der Waals surface area contributed by atoms with Crippen LogP contribution in [0.4, 0.5) is 0 Å². The summed E-state index contributed by atoms with van der Waals surface area (Å²) in [5.74, 6) is -3.09. The predicted octanol–water partition coefficient (Wildman–Crippen LogP) is 0.393. The highest BCUT2D eigenvalue weighted by atomic mass is 16.5. The molecule has 12 nitrogen and oxygen atoms in total. The number of aromatic amines is 1. The Morgan fingerprint density at radius 3 is 2.35 bits per heavy atom. The lowest BCUT2D eigenvalue weighted by Gasteiger charge is -2.24. The van der Waals surface area contributed by atoms with Gasteiger partial charge in [-0.2, -0.15) is 0 Å². The van der Waals surface area contributed by atoms with Crippen LogP contribution in [0.25, 0.3) is 10.9 Å². The molecule has 0 aliphatic carbocycles. The first-order chi connectivity index (χ1) is 17.7. The molecule has 0 radical (unpaired) electrons. The molecule has 1 aromatic carbocycles. The number of hydrogen-bond donors (Lipinski definition) is 5. The molecular weight excluding hydrogens is 482 g/mol. The minimum atomic E-state index is -1.23. The van der Waals surface area contributed by atoms with Gasteiger partial charge in [-0.3, -0.25) is 19.2 Å². The number of rotatable bonds is 15. The van der Waals surface area contributed by atoms with E-state index in [2.05, 4.69) is 20.9 Å². The van der Waals surface area contributed by atoms with Crippen LogP contribution in [0.15, 0.2) is 30.5 Å². The van der Waals surface area contributed by atoms with E-state index >= 15 is 0 Å². The number of fused-ring (bicyclic) bond motifs is 1. The standard InChI is InChI=1S/C25H33N5O7/c1-4-37-25(35)22(14-36-3)30-23(33)20(10-9-17(32)12-26)29-24(34)21(28-15(2)31)11-16-13-27-19-8-6-5-7-18(16)19/h5-8,12-13,20-22,26-27H,4,9-11,14H2,1-3H3,(H,28,31)(H,29,34)(H,30,33)/t20-,21-,22?/m0/s1. The maximum absolute atomic E-state index is 13.3. The summed E-state index contributed by atoms with van der Waals surface area (Å²) in [5.41, 5.74) is 1.65. The quantitative estimate of drug-likeness (QED) is 0.168. The van der Waals surface area contributed by atoms with Gasteiger partial charge in [0.2, 0.25) is 17.7 Å². The van der Waals surface area contributed by atoms with Crippen LogP contribution in [-0.2, 0) is 39.9 Å². The number of para-hydroxylation sites is 1. The van der Waals surface area contributed by atoms with Gasteiger partial charge in [-0.25, -0.2) is 4.79 Å². The van der Waals surface area contributed by atoms with Gasteiger partial charge in [-0.05, 0) is 25.0 Å². The number of carbonyl (C=O) groups is 5. The molecule has 0 bridgehead atoms. The first-order valence-corrected chi connectivity index (χ1v) is 11.8. The molecule has 1 heterocycles. The molecule has 3 amide bonds. The number of ether oxygens (including phenoxy) is 2. The van der Waals surface area contributed by atoms with Crippen molar-refractivity contribution in [2.75, 3.05) is 20.3 Å². The average molecular weight is 516 g/mol. The predicted molar refractivity (Wildman–Crippen MR) is 135 cm³/mol. The van der Waals surface area contributed by atoms with Crippen molar-refractivity contribution in [3.63, 3.8) is 0 Å². The van der Waals surface area contributed by atoms with Crippen LogP contribution >= 0.6 is 0 Å². The second kappa shape index (κ2) is 14.5. The molecule has 5 N–H and O–H groups in total. The Morgan fingerprint density at radius 2 is 1.70 bits per heavy atom. The van der Waals surface area contributed by atoms with E-state index in [0.717, 1.165) is 16.5 Å². The molecule has 1 aromatic heterocycles. The molecule has 0 saturated heterocycles. The van der Waals surface area contributed by atoms with Crippen molar-refractivity contribution in [3.8, 4) is 0 Å². The molecule has 2 rings (SSSR count). The summed E-state index contributed by atoms with van der Waals surface area (Å²) in [5, 5.41) is 15.7. The number of amides is 3. The van der Waals surface area contributed by atoms with Gasteiger partial charge in [-0.15, -0.1) is 0 Å². The third kappa shape index (κ3) is 8.83. The molecule has 200 valence electrons. The monoisotopic (exact) mass is 515 g/mol. The lowest BCUT2D eigenvalue weighted by Crippen LogP contribution is -2.56. The minimum Gasteiger partial charge on any atom is -0.464 e. The van der Waals surface area contributed by atoms with Crippen LogP contribution in [0, 0.1) is 5.41 Å². The third-order valence-corrected chi connectivity index (χ3v) is 5.49. The lowest BCUT2D eigenvalue weighted by atomic mass is 10.0. The fourth-order valence-corrected chi connectivity index (χ4v) is 3.73. The molecule has 0 aliphatic rings. The molecule has 1 unspecified atom stereocenters. The van der Waals surface area contributed by atoms with Gasteiger partial charge in [0.05, 0.1) is 19.4 Å². The summed E-state index contributed by atoms with van der Waals surface area (Å²) in [6.45, 7) is 2.82. The zero-order valence-electron chi connectivity index (χ0n) is 21.1. The topological polar surface area (TPSA) is 180 Å². The molecule has 2 aromatic rings. The lowest BCUT2D eigenvalue weighted by molar-refractivity contribution is -0.149. The Morgan fingerprint density at radius 1 is 1.03 bits per heavy atom. The number of benzene rings is 1. The van der Waals surface area contributed by atoms with E-state index < -0.39 is 47.6 Å². The molecular formula is C25H33N5O7. The summed E-state index contributed by atoms with van der Waals surface area (Å²) in [6, 6.07) is 4.10. The fourth-order valence-electron chi connectivity index (χ4n) is 3.73. The molecule has 0 aliphatic heterocycles. The van der Waals surface area contributed by atoms with Gasteiger partial charge in [0.1, 0.15) is 12.1 Å². The number of hydrogen-bond acceptors (Lipinski definition) is 8. The van der Waals surface area contributed by atoms with Crippen molar-refractivity contribution >= 4 is 46.6 Å². The Balaban J connectivity index is 2.24. The molecule has 0 spiro atoms. The zero-order chi connectivity index (χ0) is 27.4. The normalized spacial score (nSPS) is 13.2. The second-order valence-electron chi connectivity index (χ2n) is 8.30. The molecule has 3 atom stereocenters. The van der Waals surface area contributed by atoms with Crippen molar-refractivity contribution in [1.29, 1.82) is 5.41 Å². The minimum absolute atomic E-state index is 0.0924. The van der Waals surface area contributed by atoms with Crippen molar-refractivity contribution < 1.29 is 33.4 Å². The van der Waals surface area contributed by atoms with Gasteiger partial charge in [0, 0.05) is 44.0 Å². The molecule has 0 saturated carbocycles. The van der Waals surface area contributed by atoms with Gasteiger partial charge in [0.15, 0.2) is 11.8 Å². The van der Waals surface area contributed by atoms with Gasteiger partial charge >= 0.3 is 5.97 Å². The SMILES string of the molecule is CCOC(=O)C(COC)NC(=O)[C@H](CCC(=O)C=N)NC(=O)[C@H](Cc1c[nH]c2ccccc12)NC(C)=O. The largest absolute Gasteiger partial charge is 0.464 e. The summed E-state index contributed by atoms with van der Waals surface area (Å²) < 4.78 is 9.94. The van der Waals surface area contributed by atoms with Crippen molar-refractivity contribution in [1.82, 2.24) is 20.9 Å². The number of H-pyrrole nitrogens is 1. The smallest absolute Gasteiger partial charge is 0.331 e. The summed E-state index contributed by atoms with van der Waals surface area (Å²) >= 11 is 0. The van der Waals surface area contributed by atoms with Crippen molar-refractivity contribution in [2.24, 2.45) is 0 Å². The average Bonchev–Trinajstić information content (AvgIpc) is 3.28. The maximum atomic E-state index is 13.3. The second-order valence-corrected chi connectivity index (χ2v) is 8.30. The fraction of sp³-hybridized carbons (Fsp3) is 0.440. The summed E-state index contributed by atoms with van der Waals surface area (Å²) in [4.78, 5) is 65.2.